The highest BCUT2D eigenvalue weighted by Crippen LogP contribution is 2.64. The number of rotatable bonds is 3. The van der Waals surface area contributed by atoms with Crippen molar-refractivity contribution in [2.75, 3.05) is 13.1 Å². The van der Waals surface area contributed by atoms with Crippen LogP contribution in [0.4, 0.5) is 0 Å². The monoisotopic (exact) mass is 353 g/mol. The topological polar surface area (TPSA) is 49.8 Å². The van der Waals surface area contributed by atoms with Gasteiger partial charge in [0.15, 0.2) is 11.9 Å². The zero-order valence-electron chi connectivity index (χ0n) is 15.6. The summed E-state index contributed by atoms with van der Waals surface area (Å²) in [5, 5.41) is 12.0. The lowest BCUT2D eigenvalue weighted by atomic mass is 9.49. The van der Waals surface area contributed by atoms with E-state index in [0.717, 1.165) is 42.8 Å². The molecule has 0 unspecified atom stereocenters. The number of Topliss-reactive ketones (excluding diaryl/α,β-unsaturated/α-hetero) is 1. The minimum atomic E-state index is -0.902. The first-order valence-electron chi connectivity index (χ1n) is 9.87. The minimum Gasteiger partial charge on any atom is -0.481 e. The quantitative estimate of drug-likeness (QED) is 0.849. The summed E-state index contributed by atoms with van der Waals surface area (Å²) in [7, 11) is 0. The summed E-state index contributed by atoms with van der Waals surface area (Å²) in [5.74, 6) is 1.38. The van der Waals surface area contributed by atoms with E-state index in [2.05, 4.69) is 37.5 Å². The number of hydrogen-bond donors (Lipinski definition) is 1. The van der Waals surface area contributed by atoms with Gasteiger partial charge in [0, 0.05) is 31.1 Å². The SMILES string of the molecule is C=CCN1CC[C@]23c4c5ccc(C(C)C)c4O[C@H]2C(=O)CC[C@@]3(O)[C@H]1C5. The molecule has 1 N–H and O–H groups in total. The van der Waals surface area contributed by atoms with Crippen LogP contribution in [0.15, 0.2) is 24.8 Å². The number of hydrogen-bond acceptors (Lipinski definition) is 4. The Morgan fingerprint density at radius 1 is 1.42 bits per heavy atom. The van der Waals surface area contributed by atoms with Gasteiger partial charge in [-0.05, 0) is 36.3 Å². The second kappa shape index (κ2) is 5.20. The molecule has 4 aliphatic rings. The van der Waals surface area contributed by atoms with E-state index in [0.29, 0.717) is 18.8 Å². The Morgan fingerprint density at radius 3 is 2.96 bits per heavy atom. The maximum atomic E-state index is 12.9. The van der Waals surface area contributed by atoms with Crippen LogP contribution in [0.5, 0.6) is 5.75 Å². The molecule has 2 fully saturated rings. The number of piperidine rings is 1. The van der Waals surface area contributed by atoms with E-state index in [1.165, 1.54) is 5.56 Å². The fourth-order valence-electron chi connectivity index (χ4n) is 6.29. The largest absolute Gasteiger partial charge is 0.481 e. The average molecular weight is 353 g/mol. The summed E-state index contributed by atoms with van der Waals surface area (Å²) in [6.45, 7) is 9.86. The molecule has 26 heavy (non-hydrogen) atoms. The minimum absolute atomic E-state index is 0.0248. The molecule has 4 atom stereocenters. The number of benzene rings is 1. The Kier molecular flexibility index (Phi) is 3.31. The summed E-state index contributed by atoms with van der Waals surface area (Å²) in [5.41, 5.74) is 2.09. The van der Waals surface area contributed by atoms with Crippen LogP contribution in [0.25, 0.3) is 0 Å². The maximum absolute atomic E-state index is 12.9. The van der Waals surface area contributed by atoms with E-state index in [4.69, 9.17) is 4.74 Å². The summed E-state index contributed by atoms with van der Waals surface area (Å²) in [4.78, 5) is 15.2. The van der Waals surface area contributed by atoms with Gasteiger partial charge in [0.05, 0.1) is 11.0 Å². The van der Waals surface area contributed by atoms with Crippen LogP contribution in [0.3, 0.4) is 0 Å². The van der Waals surface area contributed by atoms with E-state index in [9.17, 15) is 9.90 Å². The van der Waals surface area contributed by atoms with Crippen LogP contribution in [0, 0.1) is 0 Å². The summed E-state index contributed by atoms with van der Waals surface area (Å²) in [6.07, 6.45) is 3.92. The first kappa shape index (κ1) is 16.5. The number of likely N-dealkylation sites (tertiary alicyclic amines) is 1. The Balaban J connectivity index is 1.79. The van der Waals surface area contributed by atoms with Crippen molar-refractivity contribution in [2.45, 2.75) is 68.6 Å². The van der Waals surface area contributed by atoms with Crippen molar-refractivity contribution in [3.8, 4) is 5.75 Å². The van der Waals surface area contributed by atoms with Crippen molar-refractivity contribution in [2.24, 2.45) is 0 Å². The molecule has 0 aromatic heterocycles. The van der Waals surface area contributed by atoms with Crippen LogP contribution in [0.2, 0.25) is 0 Å². The van der Waals surface area contributed by atoms with Gasteiger partial charge in [-0.15, -0.1) is 6.58 Å². The highest BCUT2D eigenvalue weighted by molar-refractivity contribution is 5.89. The molecule has 5 rings (SSSR count). The predicted octanol–water partition coefficient (Wildman–Crippen LogP) is 2.72. The molecule has 2 heterocycles. The number of carbonyl (C=O) groups excluding carboxylic acids is 1. The van der Waals surface area contributed by atoms with Gasteiger partial charge in [0.1, 0.15) is 5.75 Å². The summed E-state index contributed by atoms with van der Waals surface area (Å²) in [6, 6.07) is 4.40. The van der Waals surface area contributed by atoms with Gasteiger partial charge < -0.3 is 9.84 Å². The number of ketones is 1. The van der Waals surface area contributed by atoms with Gasteiger partial charge in [-0.1, -0.05) is 32.1 Å². The van der Waals surface area contributed by atoms with Gasteiger partial charge in [0.2, 0.25) is 0 Å². The molecule has 138 valence electrons. The van der Waals surface area contributed by atoms with Crippen molar-refractivity contribution in [1.82, 2.24) is 4.90 Å². The molecule has 1 saturated heterocycles. The lowest BCUT2D eigenvalue weighted by Crippen LogP contribution is -2.76. The van der Waals surface area contributed by atoms with E-state index in [1.54, 1.807) is 0 Å². The molecule has 1 aromatic carbocycles. The molecule has 1 spiro atoms. The van der Waals surface area contributed by atoms with Crippen LogP contribution in [0.1, 0.15) is 55.7 Å². The van der Waals surface area contributed by atoms with Gasteiger partial charge in [0.25, 0.3) is 0 Å². The highest BCUT2D eigenvalue weighted by atomic mass is 16.5. The average Bonchev–Trinajstić information content (AvgIpc) is 2.95. The summed E-state index contributed by atoms with van der Waals surface area (Å²) < 4.78 is 6.40. The van der Waals surface area contributed by atoms with Crippen molar-refractivity contribution in [3.05, 3.63) is 41.5 Å². The van der Waals surface area contributed by atoms with E-state index < -0.39 is 17.1 Å². The normalized spacial score (nSPS) is 37.5. The van der Waals surface area contributed by atoms with Gasteiger partial charge >= 0.3 is 0 Å². The van der Waals surface area contributed by atoms with Crippen molar-refractivity contribution < 1.29 is 14.6 Å². The third-order valence-corrected chi connectivity index (χ3v) is 7.41. The van der Waals surface area contributed by atoms with Crippen LogP contribution in [-0.4, -0.2) is 46.6 Å². The van der Waals surface area contributed by atoms with Crippen LogP contribution < -0.4 is 4.74 Å². The van der Waals surface area contributed by atoms with Crippen molar-refractivity contribution >= 4 is 5.78 Å². The van der Waals surface area contributed by atoms with Crippen LogP contribution >= 0.6 is 0 Å². The number of nitrogens with zero attached hydrogens (tertiary/aromatic N) is 1. The Morgan fingerprint density at radius 2 is 2.23 bits per heavy atom. The molecule has 2 aliphatic heterocycles. The second-order valence-electron chi connectivity index (χ2n) is 8.79. The lowest BCUT2D eigenvalue weighted by molar-refractivity contribution is -0.187. The number of ether oxygens (including phenoxy) is 1. The molecule has 2 bridgehead atoms. The van der Waals surface area contributed by atoms with Gasteiger partial charge in [-0.25, -0.2) is 0 Å². The van der Waals surface area contributed by atoms with E-state index in [1.807, 2.05) is 6.08 Å². The molecule has 1 aromatic rings. The fraction of sp³-hybridized carbons (Fsp3) is 0.591. The third-order valence-electron chi connectivity index (χ3n) is 7.41. The Bertz CT molecular complexity index is 816. The molecule has 4 heteroatoms. The zero-order valence-corrected chi connectivity index (χ0v) is 15.6. The summed E-state index contributed by atoms with van der Waals surface area (Å²) >= 11 is 0. The first-order valence-corrected chi connectivity index (χ1v) is 9.87. The number of carbonyl (C=O) groups is 1. The highest BCUT2D eigenvalue weighted by Gasteiger charge is 2.72. The standard InChI is InChI=1S/C22H27NO3/c1-4-10-23-11-9-21-18-14-5-6-15(13(2)3)19(18)26-20(21)16(24)7-8-22(21,25)17(23)12-14/h4-6,13,17,20,25H,1,7-12H2,2-3H3/t17-,20+,21+,22-/m1/s1. The molecule has 0 radical (unpaired) electrons. The molecular formula is C22H27NO3. The van der Waals surface area contributed by atoms with Gasteiger partial charge in [-0.3, -0.25) is 9.69 Å². The first-order chi connectivity index (χ1) is 12.4. The maximum Gasteiger partial charge on any atom is 0.174 e. The smallest absolute Gasteiger partial charge is 0.174 e. The molecular weight excluding hydrogens is 326 g/mol. The molecule has 0 amide bonds. The Labute approximate surface area is 154 Å². The molecule has 4 nitrogen and oxygen atoms in total. The second-order valence-corrected chi connectivity index (χ2v) is 8.79. The third kappa shape index (κ3) is 1.70. The van der Waals surface area contributed by atoms with Crippen molar-refractivity contribution in [3.63, 3.8) is 0 Å². The Hall–Kier alpha value is -1.65. The number of aliphatic hydroxyl groups is 1. The van der Waals surface area contributed by atoms with E-state index in [-0.39, 0.29) is 11.8 Å². The lowest BCUT2D eigenvalue weighted by Gasteiger charge is -2.62. The van der Waals surface area contributed by atoms with Crippen molar-refractivity contribution in [1.29, 1.82) is 0 Å². The van der Waals surface area contributed by atoms with Gasteiger partial charge in [-0.2, -0.15) is 0 Å². The molecule has 1 saturated carbocycles. The molecule has 2 aliphatic carbocycles. The van der Waals surface area contributed by atoms with Crippen LogP contribution in [-0.2, 0) is 16.6 Å². The van der Waals surface area contributed by atoms with E-state index >= 15 is 0 Å². The fourth-order valence-corrected chi connectivity index (χ4v) is 6.29. The predicted molar refractivity (Wildman–Crippen MR) is 99.7 cm³/mol. The zero-order chi connectivity index (χ0) is 18.3.